The molecule has 0 aromatic rings. The second-order valence-electron chi connectivity index (χ2n) is 4.97. The maximum Gasteiger partial charge on any atom is 0.312 e. The summed E-state index contributed by atoms with van der Waals surface area (Å²) in [5.41, 5.74) is 0. The van der Waals surface area contributed by atoms with Crippen LogP contribution in [0.1, 0.15) is 26.7 Å². The predicted octanol–water partition coefficient (Wildman–Crippen LogP) is 0.888. The second-order valence-corrected chi connectivity index (χ2v) is 4.97. The molecule has 0 aliphatic carbocycles. The van der Waals surface area contributed by atoms with E-state index in [0.717, 1.165) is 19.5 Å². The minimum Gasteiger partial charge on any atom is -0.469 e. The number of rotatable bonds is 4. The van der Waals surface area contributed by atoms with E-state index in [4.69, 9.17) is 4.74 Å². The molecule has 0 aromatic heterocycles. The largest absolute Gasteiger partial charge is 0.469 e. The van der Waals surface area contributed by atoms with E-state index < -0.39 is 6.10 Å². The van der Waals surface area contributed by atoms with Crippen LogP contribution >= 0.6 is 0 Å². The summed E-state index contributed by atoms with van der Waals surface area (Å²) in [6, 6.07) is 0. The molecule has 0 bridgehead atoms. The number of hydrogen-bond donors (Lipinski definition) is 1. The average Bonchev–Trinajstić information content (AvgIpc) is 2.27. The van der Waals surface area contributed by atoms with Crippen LogP contribution < -0.4 is 0 Å². The first-order valence-electron chi connectivity index (χ1n) is 6.02. The summed E-state index contributed by atoms with van der Waals surface area (Å²) in [4.78, 5) is 13.7. The molecule has 1 aliphatic rings. The van der Waals surface area contributed by atoms with Gasteiger partial charge >= 0.3 is 5.97 Å². The zero-order valence-electron chi connectivity index (χ0n) is 10.5. The lowest BCUT2D eigenvalue weighted by molar-refractivity contribution is -0.152. The molecule has 2 atom stereocenters. The van der Waals surface area contributed by atoms with Gasteiger partial charge in [-0.2, -0.15) is 0 Å². The van der Waals surface area contributed by atoms with Crippen LogP contribution in [0.4, 0.5) is 0 Å². The molecule has 0 unspecified atom stereocenters. The van der Waals surface area contributed by atoms with Gasteiger partial charge in [0.15, 0.2) is 0 Å². The summed E-state index contributed by atoms with van der Waals surface area (Å²) in [6.07, 6.45) is 1.25. The van der Waals surface area contributed by atoms with E-state index in [1.807, 2.05) is 0 Å². The highest BCUT2D eigenvalue weighted by molar-refractivity contribution is 5.73. The minimum absolute atomic E-state index is 0.290. The van der Waals surface area contributed by atoms with Crippen molar-refractivity contribution < 1.29 is 14.6 Å². The molecule has 0 radical (unpaired) electrons. The molecule has 0 spiro atoms. The molecular formula is C12H23NO3. The number of methoxy groups -OCH3 is 1. The molecule has 0 aromatic carbocycles. The van der Waals surface area contributed by atoms with E-state index in [1.54, 1.807) is 0 Å². The molecule has 0 saturated carbocycles. The Labute approximate surface area is 97.6 Å². The Kier molecular flexibility index (Phi) is 5.22. The number of carbonyl (C=O) groups excluding carboxylic acids is 1. The fraction of sp³-hybridized carbons (Fsp3) is 0.917. The molecule has 4 heteroatoms. The molecule has 16 heavy (non-hydrogen) atoms. The molecule has 1 saturated heterocycles. The van der Waals surface area contributed by atoms with Gasteiger partial charge in [0.05, 0.1) is 19.1 Å². The van der Waals surface area contributed by atoms with Gasteiger partial charge in [-0.05, 0) is 25.3 Å². The number of likely N-dealkylation sites (tertiary alicyclic amines) is 1. The second kappa shape index (κ2) is 6.21. The number of nitrogens with zero attached hydrogens (tertiary/aromatic N) is 1. The SMILES string of the molecule is COC(=O)[C@@H]1CN(CCC(C)C)CC[C@@H]1O. The maximum atomic E-state index is 11.5. The Balaban J connectivity index is 2.44. The first kappa shape index (κ1) is 13.5. The summed E-state index contributed by atoms with van der Waals surface area (Å²) in [7, 11) is 1.38. The molecule has 1 N–H and O–H groups in total. The highest BCUT2D eigenvalue weighted by Crippen LogP contribution is 2.19. The number of aliphatic hydroxyl groups excluding tert-OH is 1. The van der Waals surface area contributed by atoms with Gasteiger partial charge in [0, 0.05) is 13.1 Å². The smallest absolute Gasteiger partial charge is 0.312 e. The van der Waals surface area contributed by atoms with Gasteiger partial charge < -0.3 is 14.7 Å². The molecule has 0 amide bonds. The van der Waals surface area contributed by atoms with E-state index in [-0.39, 0.29) is 11.9 Å². The van der Waals surface area contributed by atoms with Gasteiger partial charge in [0.25, 0.3) is 0 Å². The predicted molar refractivity (Wildman–Crippen MR) is 62.0 cm³/mol. The Bertz CT molecular complexity index is 230. The lowest BCUT2D eigenvalue weighted by Gasteiger charge is -2.34. The number of esters is 1. The number of hydrogen-bond acceptors (Lipinski definition) is 4. The molecule has 1 rings (SSSR count). The van der Waals surface area contributed by atoms with E-state index in [2.05, 4.69) is 18.7 Å². The number of aliphatic hydroxyl groups is 1. The zero-order chi connectivity index (χ0) is 12.1. The van der Waals surface area contributed by atoms with Crippen LogP contribution in [0.25, 0.3) is 0 Å². The van der Waals surface area contributed by atoms with Crippen LogP contribution in [-0.4, -0.2) is 48.8 Å². The Morgan fingerprint density at radius 3 is 2.81 bits per heavy atom. The quantitative estimate of drug-likeness (QED) is 0.727. The fourth-order valence-electron chi connectivity index (χ4n) is 2.03. The fourth-order valence-corrected chi connectivity index (χ4v) is 2.03. The highest BCUT2D eigenvalue weighted by atomic mass is 16.5. The third-order valence-electron chi connectivity index (χ3n) is 3.19. The topological polar surface area (TPSA) is 49.8 Å². The first-order valence-corrected chi connectivity index (χ1v) is 6.02. The van der Waals surface area contributed by atoms with Crippen molar-refractivity contribution in [2.75, 3.05) is 26.7 Å². The van der Waals surface area contributed by atoms with E-state index >= 15 is 0 Å². The molecule has 1 fully saturated rings. The van der Waals surface area contributed by atoms with Crippen LogP contribution in [-0.2, 0) is 9.53 Å². The van der Waals surface area contributed by atoms with Crippen molar-refractivity contribution in [1.82, 2.24) is 4.90 Å². The van der Waals surface area contributed by atoms with Crippen molar-refractivity contribution in [2.24, 2.45) is 11.8 Å². The van der Waals surface area contributed by atoms with Gasteiger partial charge in [0.2, 0.25) is 0 Å². The number of piperidine rings is 1. The van der Waals surface area contributed by atoms with Crippen LogP contribution in [0.3, 0.4) is 0 Å². The van der Waals surface area contributed by atoms with Crippen molar-refractivity contribution in [2.45, 2.75) is 32.8 Å². The van der Waals surface area contributed by atoms with E-state index in [9.17, 15) is 9.90 Å². The number of carbonyl (C=O) groups is 1. The Hall–Kier alpha value is -0.610. The van der Waals surface area contributed by atoms with Crippen molar-refractivity contribution in [3.8, 4) is 0 Å². The van der Waals surface area contributed by atoms with Crippen molar-refractivity contribution in [3.05, 3.63) is 0 Å². The van der Waals surface area contributed by atoms with E-state index in [1.165, 1.54) is 7.11 Å². The first-order chi connectivity index (χ1) is 7.54. The summed E-state index contributed by atoms with van der Waals surface area (Å²) < 4.78 is 4.71. The minimum atomic E-state index is -0.539. The summed E-state index contributed by atoms with van der Waals surface area (Å²) in [5.74, 6) is 0.0103. The van der Waals surface area contributed by atoms with Gasteiger partial charge in [-0.3, -0.25) is 4.79 Å². The maximum absolute atomic E-state index is 11.5. The van der Waals surface area contributed by atoms with Crippen LogP contribution in [0.2, 0.25) is 0 Å². The summed E-state index contributed by atoms with van der Waals surface area (Å²) in [5, 5.41) is 9.74. The van der Waals surface area contributed by atoms with Crippen LogP contribution in [0.15, 0.2) is 0 Å². The molecule has 4 nitrogen and oxygen atoms in total. The van der Waals surface area contributed by atoms with Crippen molar-refractivity contribution >= 4 is 5.97 Å². The molecular weight excluding hydrogens is 206 g/mol. The van der Waals surface area contributed by atoms with Crippen LogP contribution in [0.5, 0.6) is 0 Å². The Morgan fingerprint density at radius 1 is 1.56 bits per heavy atom. The lowest BCUT2D eigenvalue weighted by atomic mass is 9.94. The zero-order valence-corrected chi connectivity index (χ0v) is 10.5. The van der Waals surface area contributed by atoms with Gasteiger partial charge in [0.1, 0.15) is 0 Å². The normalized spacial score (nSPS) is 27.1. The number of ether oxygens (including phenoxy) is 1. The average molecular weight is 229 g/mol. The Morgan fingerprint density at radius 2 is 2.25 bits per heavy atom. The standard InChI is InChI=1S/C12H23NO3/c1-9(2)4-6-13-7-5-11(14)10(8-13)12(15)16-3/h9-11,14H,4-8H2,1-3H3/t10-,11+/m1/s1. The molecule has 1 heterocycles. The monoisotopic (exact) mass is 229 g/mol. The third kappa shape index (κ3) is 3.76. The highest BCUT2D eigenvalue weighted by Gasteiger charge is 2.33. The van der Waals surface area contributed by atoms with Crippen molar-refractivity contribution in [3.63, 3.8) is 0 Å². The molecule has 1 aliphatic heterocycles. The molecule has 94 valence electrons. The lowest BCUT2D eigenvalue weighted by Crippen LogP contribution is -2.47. The van der Waals surface area contributed by atoms with Crippen molar-refractivity contribution in [1.29, 1.82) is 0 Å². The van der Waals surface area contributed by atoms with Gasteiger partial charge in [-0.15, -0.1) is 0 Å². The van der Waals surface area contributed by atoms with Crippen LogP contribution in [0, 0.1) is 11.8 Å². The summed E-state index contributed by atoms with van der Waals surface area (Å²) >= 11 is 0. The summed E-state index contributed by atoms with van der Waals surface area (Å²) in [6.45, 7) is 6.88. The van der Waals surface area contributed by atoms with Gasteiger partial charge in [-0.1, -0.05) is 13.8 Å². The third-order valence-corrected chi connectivity index (χ3v) is 3.19. The van der Waals surface area contributed by atoms with Gasteiger partial charge in [-0.25, -0.2) is 0 Å². The van der Waals surface area contributed by atoms with E-state index in [0.29, 0.717) is 18.9 Å².